The number of ether oxygens (including phenoxy) is 2. The Morgan fingerprint density at radius 3 is 2.42 bits per heavy atom. The molecule has 1 aromatic rings. The van der Waals surface area contributed by atoms with Gasteiger partial charge in [-0.1, -0.05) is 12.1 Å². The largest absolute Gasteiger partial charge is 0.496 e. The van der Waals surface area contributed by atoms with Crippen molar-refractivity contribution >= 4 is 0 Å². The van der Waals surface area contributed by atoms with E-state index in [0.29, 0.717) is 11.3 Å². The molecule has 0 aliphatic heterocycles. The lowest BCUT2D eigenvalue weighted by Gasteiger charge is -2.18. The zero-order valence-electron chi connectivity index (χ0n) is 11.0. The van der Waals surface area contributed by atoms with E-state index in [1.165, 1.54) is 7.11 Å². The third-order valence-electron chi connectivity index (χ3n) is 2.81. The topological polar surface area (TPSA) is 38.7 Å². The Hall–Kier alpha value is -1.27. The van der Waals surface area contributed by atoms with Gasteiger partial charge in [0.15, 0.2) is 0 Å². The minimum Gasteiger partial charge on any atom is -0.496 e. The molecule has 3 nitrogen and oxygen atoms in total. The second kappa shape index (κ2) is 6.25. The van der Waals surface area contributed by atoms with Crippen molar-refractivity contribution < 1.29 is 27.8 Å². The van der Waals surface area contributed by atoms with Gasteiger partial charge in [-0.25, -0.2) is 0 Å². The van der Waals surface area contributed by atoms with Crippen molar-refractivity contribution in [3.8, 4) is 5.75 Å². The molecule has 0 fully saturated rings. The predicted octanol–water partition coefficient (Wildman–Crippen LogP) is 2.92. The standard InChI is InChI=1S/C13H17F3O3/c1-8-4-5-10(12(18-3)9(8)2)11(17)6-19-7-13(14,15)16/h4-5,11,17H,6-7H2,1-3H3. The van der Waals surface area contributed by atoms with Crippen LogP contribution in [0.15, 0.2) is 12.1 Å². The normalized spacial score (nSPS) is 13.4. The zero-order valence-corrected chi connectivity index (χ0v) is 11.0. The molecule has 1 N–H and O–H groups in total. The smallest absolute Gasteiger partial charge is 0.411 e. The van der Waals surface area contributed by atoms with E-state index in [-0.39, 0.29) is 0 Å². The summed E-state index contributed by atoms with van der Waals surface area (Å²) >= 11 is 0. The van der Waals surface area contributed by atoms with E-state index in [4.69, 9.17) is 4.74 Å². The maximum Gasteiger partial charge on any atom is 0.411 e. The van der Waals surface area contributed by atoms with Crippen molar-refractivity contribution in [1.82, 2.24) is 0 Å². The number of alkyl halides is 3. The van der Waals surface area contributed by atoms with Crippen LogP contribution in [0.4, 0.5) is 13.2 Å². The summed E-state index contributed by atoms with van der Waals surface area (Å²) < 4.78 is 45.5. The van der Waals surface area contributed by atoms with Gasteiger partial charge in [0.25, 0.3) is 0 Å². The summed E-state index contributed by atoms with van der Waals surface area (Å²) in [5.74, 6) is 0.475. The van der Waals surface area contributed by atoms with Crippen molar-refractivity contribution in [2.24, 2.45) is 0 Å². The Kier molecular flexibility index (Phi) is 5.20. The van der Waals surface area contributed by atoms with Gasteiger partial charge in [0.2, 0.25) is 0 Å². The van der Waals surface area contributed by atoms with Crippen molar-refractivity contribution in [2.75, 3.05) is 20.3 Å². The Morgan fingerprint density at radius 1 is 1.26 bits per heavy atom. The summed E-state index contributed by atoms with van der Waals surface area (Å²) in [6.07, 6.45) is -5.55. The summed E-state index contributed by atoms with van der Waals surface area (Å²) in [6, 6.07) is 3.41. The Labute approximate surface area is 110 Å². The van der Waals surface area contributed by atoms with Crippen LogP contribution < -0.4 is 4.74 Å². The number of benzene rings is 1. The zero-order chi connectivity index (χ0) is 14.6. The molecule has 108 valence electrons. The fraction of sp³-hybridized carbons (Fsp3) is 0.538. The average Bonchev–Trinajstić information content (AvgIpc) is 2.30. The van der Waals surface area contributed by atoms with E-state index in [0.717, 1.165) is 11.1 Å². The maximum atomic E-state index is 11.9. The molecule has 0 amide bonds. The highest BCUT2D eigenvalue weighted by molar-refractivity contribution is 5.46. The van der Waals surface area contributed by atoms with Crippen LogP contribution in [0.5, 0.6) is 5.75 Å². The molecule has 1 rings (SSSR count). The molecule has 6 heteroatoms. The fourth-order valence-electron chi connectivity index (χ4n) is 1.72. The number of methoxy groups -OCH3 is 1. The molecule has 0 spiro atoms. The molecule has 0 aliphatic carbocycles. The lowest BCUT2D eigenvalue weighted by Crippen LogP contribution is -2.20. The highest BCUT2D eigenvalue weighted by Gasteiger charge is 2.28. The Balaban J connectivity index is 2.77. The third kappa shape index (κ3) is 4.40. The molecule has 0 aromatic heterocycles. The van der Waals surface area contributed by atoms with Crippen molar-refractivity contribution in [2.45, 2.75) is 26.1 Å². The molecule has 19 heavy (non-hydrogen) atoms. The van der Waals surface area contributed by atoms with E-state index >= 15 is 0 Å². The van der Waals surface area contributed by atoms with Crippen LogP contribution >= 0.6 is 0 Å². The van der Waals surface area contributed by atoms with Crippen LogP contribution in [0.2, 0.25) is 0 Å². The molecular formula is C13H17F3O3. The lowest BCUT2D eigenvalue weighted by atomic mass is 10.0. The number of aliphatic hydroxyl groups excluding tert-OH is 1. The number of rotatable bonds is 5. The van der Waals surface area contributed by atoms with Gasteiger partial charge in [0, 0.05) is 5.56 Å². The van der Waals surface area contributed by atoms with E-state index in [9.17, 15) is 18.3 Å². The van der Waals surface area contributed by atoms with Crippen LogP contribution in [-0.4, -0.2) is 31.6 Å². The van der Waals surface area contributed by atoms with Crippen molar-refractivity contribution in [3.63, 3.8) is 0 Å². The summed E-state index contributed by atoms with van der Waals surface area (Å²) in [4.78, 5) is 0. The quantitative estimate of drug-likeness (QED) is 0.900. The van der Waals surface area contributed by atoms with Gasteiger partial charge in [-0.05, 0) is 25.0 Å². The lowest BCUT2D eigenvalue weighted by molar-refractivity contribution is -0.179. The molecule has 0 aliphatic rings. The molecule has 0 radical (unpaired) electrons. The van der Waals surface area contributed by atoms with Crippen molar-refractivity contribution in [1.29, 1.82) is 0 Å². The van der Waals surface area contributed by atoms with Crippen molar-refractivity contribution in [3.05, 3.63) is 28.8 Å². The molecule has 0 heterocycles. The second-order valence-electron chi connectivity index (χ2n) is 4.28. The number of hydrogen-bond donors (Lipinski definition) is 1. The second-order valence-corrected chi connectivity index (χ2v) is 4.28. The van der Waals surface area contributed by atoms with Gasteiger partial charge >= 0.3 is 6.18 Å². The summed E-state index contributed by atoms with van der Waals surface area (Å²) in [6.45, 7) is 1.89. The molecule has 1 aromatic carbocycles. The summed E-state index contributed by atoms with van der Waals surface area (Å²) in [5.41, 5.74) is 2.24. The van der Waals surface area contributed by atoms with Crippen LogP contribution in [0.25, 0.3) is 0 Å². The van der Waals surface area contributed by atoms with Crippen LogP contribution in [-0.2, 0) is 4.74 Å². The van der Waals surface area contributed by atoms with E-state index in [1.807, 2.05) is 13.8 Å². The number of halogens is 3. The van der Waals surface area contributed by atoms with Crippen LogP contribution in [0.3, 0.4) is 0 Å². The fourth-order valence-corrected chi connectivity index (χ4v) is 1.72. The average molecular weight is 278 g/mol. The Bertz CT molecular complexity index is 430. The number of hydrogen-bond acceptors (Lipinski definition) is 3. The molecular weight excluding hydrogens is 261 g/mol. The Morgan fingerprint density at radius 2 is 1.89 bits per heavy atom. The molecule has 1 atom stereocenters. The molecule has 0 saturated carbocycles. The minimum absolute atomic E-state index is 0.424. The van der Waals surface area contributed by atoms with E-state index < -0.39 is 25.5 Å². The monoisotopic (exact) mass is 278 g/mol. The first-order valence-corrected chi connectivity index (χ1v) is 5.73. The molecule has 0 saturated heterocycles. The van der Waals surface area contributed by atoms with Gasteiger partial charge in [-0.15, -0.1) is 0 Å². The van der Waals surface area contributed by atoms with Crippen LogP contribution in [0.1, 0.15) is 22.8 Å². The minimum atomic E-state index is -4.40. The van der Waals surface area contributed by atoms with Crippen LogP contribution in [0, 0.1) is 13.8 Å². The van der Waals surface area contributed by atoms with E-state index in [1.54, 1.807) is 12.1 Å². The van der Waals surface area contributed by atoms with E-state index in [2.05, 4.69) is 4.74 Å². The summed E-state index contributed by atoms with van der Waals surface area (Å²) in [5, 5.41) is 9.87. The van der Waals surface area contributed by atoms with Gasteiger partial charge in [0.05, 0.1) is 13.7 Å². The molecule has 1 unspecified atom stereocenters. The first kappa shape index (κ1) is 15.8. The highest BCUT2D eigenvalue weighted by atomic mass is 19.4. The first-order valence-electron chi connectivity index (χ1n) is 5.73. The predicted molar refractivity (Wildman–Crippen MR) is 64.3 cm³/mol. The number of aryl methyl sites for hydroxylation is 1. The first-order chi connectivity index (χ1) is 8.76. The van der Waals surface area contributed by atoms with Gasteiger partial charge in [0.1, 0.15) is 18.5 Å². The third-order valence-corrected chi connectivity index (χ3v) is 2.81. The summed E-state index contributed by atoms with van der Waals surface area (Å²) in [7, 11) is 1.45. The highest BCUT2D eigenvalue weighted by Crippen LogP contribution is 2.31. The van der Waals surface area contributed by atoms with Gasteiger partial charge in [-0.2, -0.15) is 13.2 Å². The van der Waals surface area contributed by atoms with Gasteiger partial charge < -0.3 is 14.6 Å². The maximum absolute atomic E-state index is 11.9. The number of aliphatic hydroxyl groups is 1. The SMILES string of the molecule is COc1c(C(O)COCC(F)(F)F)ccc(C)c1C. The molecule has 0 bridgehead atoms. The van der Waals surface area contributed by atoms with Gasteiger partial charge in [-0.3, -0.25) is 0 Å².